The first-order chi connectivity index (χ1) is 15.0. The number of fused-ring (bicyclic) bond motifs is 2. The molecule has 3 aromatic rings. The number of rotatable bonds is 9. The van der Waals surface area contributed by atoms with Crippen molar-refractivity contribution in [2.45, 2.75) is 49.8 Å². The number of para-hydroxylation sites is 1. The van der Waals surface area contributed by atoms with Crippen molar-refractivity contribution in [2.24, 2.45) is 0 Å². The summed E-state index contributed by atoms with van der Waals surface area (Å²) in [5, 5.41) is 3.92. The minimum absolute atomic E-state index is 0.0864. The van der Waals surface area contributed by atoms with E-state index in [4.69, 9.17) is 0 Å². The summed E-state index contributed by atoms with van der Waals surface area (Å²) in [6.45, 7) is 0.634. The number of nitrogens with one attached hydrogen (secondary N) is 2. The van der Waals surface area contributed by atoms with Crippen LogP contribution >= 0.6 is 11.3 Å². The van der Waals surface area contributed by atoms with E-state index in [1.54, 1.807) is 23.5 Å². The third kappa shape index (κ3) is 5.70. The lowest BCUT2D eigenvalue weighted by atomic mass is 9.92. The van der Waals surface area contributed by atoms with E-state index in [2.05, 4.69) is 21.1 Å². The molecule has 1 aliphatic carbocycles. The molecule has 0 saturated heterocycles. The number of hydrogen-bond donors (Lipinski definition) is 2. The molecule has 1 heterocycles. The Labute approximate surface area is 187 Å². The van der Waals surface area contributed by atoms with Crippen LogP contribution < -0.4 is 10.0 Å². The SMILES string of the molecule is O=C(CCNS(=O)(=O)c1ccc2c(c1)CCCC2)NCCCc1nc2ccccc2s1. The second kappa shape index (κ2) is 9.89. The fourth-order valence-corrected chi connectivity index (χ4v) is 5.93. The Morgan fingerprint density at radius 3 is 2.68 bits per heavy atom. The molecule has 0 radical (unpaired) electrons. The highest BCUT2D eigenvalue weighted by Crippen LogP contribution is 2.24. The molecule has 164 valence electrons. The number of hydrogen-bond acceptors (Lipinski definition) is 5. The molecular formula is C23H27N3O3S2. The summed E-state index contributed by atoms with van der Waals surface area (Å²) in [5.74, 6) is -0.155. The standard InChI is InChI=1S/C23H27N3O3S2/c27-22(24-14-5-10-23-26-20-8-3-4-9-21(20)30-23)13-15-25-31(28,29)19-12-11-17-6-1-2-7-18(17)16-19/h3-4,8-9,11-12,16,25H,1-2,5-7,10,13-15H2,(H,24,27). The molecule has 2 aromatic carbocycles. The van der Waals surface area contributed by atoms with Gasteiger partial charge in [0.25, 0.3) is 0 Å². The van der Waals surface area contributed by atoms with E-state index in [-0.39, 0.29) is 23.8 Å². The molecule has 0 spiro atoms. The Kier molecular flexibility index (Phi) is 6.99. The lowest BCUT2D eigenvalue weighted by Crippen LogP contribution is -2.31. The first-order valence-electron chi connectivity index (χ1n) is 10.7. The average Bonchev–Trinajstić information content (AvgIpc) is 3.19. The van der Waals surface area contributed by atoms with E-state index in [9.17, 15) is 13.2 Å². The molecule has 6 nitrogen and oxygen atoms in total. The van der Waals surface area contributed by atoms with Gasteiger partial charge in [-0.15, -0.1) is 11.3 Å². The number of benzene rings is 2. The highest BCUT2D eigenvalue weighted by Gasteiger charge is 2.17. The van der Waals surface area contributed by atoms with E-state index in [1.165, 1.54) is 10.3 Å². The third-order valence-corrected chi connectivity index (χ3v) is 8.06. The maximum Gasteiger partial charge on any atom is 0.240 e. The van der Waals surface area contributed by atoms with E-state index >= 15 is 0 Å². The molecule has 2 N–H and O–H groups in total. The van der Waals surface area contributed by atoms with Gasteiger partial charge in [0.15, 0.2) is 0 Å². The average molecular weight is 458 g/mol. The molecule has 31 heavy (non-hydrogen) atoms. The summed E-state index contributed by atoms with van der Waals surface area (Å²) in [6.07, 6.45) is 5.93. The number of carbonyl (C=O) groups excluding carboxylic acids is 1. The highest BCUT2D eigenvalue weighted by atomic mass is 32.2. The number of nitrogens with zero attached hydrogens (tertiary/aromatic N) is 1. The number of carbonyl (C=O) groups is 1. The minimum atomic E-state index is -3.60. The Hall–Kier alpha value is -2.29. The summed E-state index contributed by atoms with van der Waals surface area (Å²) in [4.78, 5) is 16.9. The molecule has 0 aliphatic heterocycles. The molecule has 8 heteroatoms. The van der Waals surface area contributed by atoms with Gasteiger partial charge in [-0.1, -0.05) is 18.2 Å². The van der Waals surface area contributed by atoms with Gasteiger partial charge in [0, 0.05) is 25.9 Å². The number of aryl methyl sites for hydroxylation is 3. The van der Waals surface area contributed by atoms with Crippen molar-refractivity contribution in [1.29, 1.82) is 0 Å². The van der Waals surface area contributed by atoms with Crippen LogP contribution in [0.25, 0.3) is 10.2 Å². The summed E-state index contributed by atoms with van der Waals surface area (Å²) < 4.78 is 28.8. The molecule has 0 fully saturated rings. The number of thiazole rings is 1. The van der Waals surface area contributed by atoms with Crippen molar-refractivity contribution in [3.05, 3.63) is 58.6 Å². The number of aromatic nitrogens is 1. The zero-order chi connectivity index (χ0) is 21.7. The molecule has 0 unspecified atom stereocenters. The first-order valence-corrected chi connectivity index (χ1v) is 13.0. The third-order valence-electron chi connectivity index (χ3n) is 5.50. The maximum absolute atomic E-state index is 12.5. The molecule has 0 saturated carbocycles. The quantitative estimate of drug-likeness (QED) is 0.481. The molecule has 1 aliphatic rings. The van der Waals surface area contributed by atoms with Gasteiger partial charge in [-0.2, -0.15) is 0 Å². The van der Waals surface area contributed by atoms with Gasteiger partial charge in [-0.3, -0.25) is 4.79 Å². The van der Waals surface area contributed by atoms with E-state index in [1.807, 2.05) is 24.3 Å². The topological polar surface area (TPSA) is 88.2 Å². The Balaban J connectivity index is 1.18. The normalized spacial score (nSPS) is 13.8. The zero-order valence-electron chi connectivity index (χ0n) is 17.4. The molecule has 0 bridgehead atoms. The van der Waals surface area contributed by atoms with Crippen molar-refractivity contribution in [1.82, 2.24) is 15.0 Å². The molecule has 4 rings (SSSR count). The van der Waals surface area contributed by atoms with Crippen molar-refractivity contribution in [3.63, 3.8) is 0 Å². The van der Waals surface area contributed by atoms with Crippen LogP contribution in [0.5, 0.6) is 0 Å². The largest absolute Gasteiger partial charge is 0.356 e. The lowest BCUT2D eigenvalue weighted by molar-refractivity contribution is -0.120. The second-order valence-electron chi connectivity index (χ2n) is 7.81. The van der Waals surface area contributed by atoms with Crippen molar-refractivity contribution >= 4 is 37.5 Å². The molecular weight excluding hydrogens is 430 g/mol. The Morgan fingerprint density at radius 1 is 1.03 bits per heavy atom. The Bertz CT molecular complexity index is 1140. The van der Waals surface area contributed by atoms with Crippen LogP contribution in [0, 0.1) is 0 Å². The fourth-order valence-electron chi connectivity index (χ4n) is 3.84. The van der Waals surface area contributed by atoms with Crippen LogP contribution in [0.15, 0.2) is 47.4 Å². The van der Waals surface area contributed by atoms with Crippen LogP contribution in [0.4, 0.5) is 0 Å². The Morgan fingerprint density at radius 2 is 1.84 bits per heavy atom. The van der Waals surface area contributed by atoms with Gasteiger partial charge in [-0.25, -0.2) is 18.1 Å². The van der Waals surface area contributed by atoms with Crippen molar-refractivity contribution < 1.29 is 13.2 Å². The van der Waals surface area contributed by atoms with Crippen molar-refractivity contribution in [3.8, 4) is 0 Å². The number of amides is 1. The van der Waals surface area contributed by atoms with E-state index in [0.717, 1.165) is 54.6 Å². The zero-order valence-corrected chi connectivity index (χ0v) is 19.0. The summed E-state index contributed by atoms with van der Waals surface area (Å²) >= 11 is 1.68. The van der Waals surface area contributed by atoms with Crippen molar-refractivity contribution in [2.75, 3.05) is 13.1 Å². The van der Waals surface area contributed by atoms with Gasteiger partial charge in [-0.05, 0) is 67.5 Å². The van der Waals surface area contributed by atoms with Crippen LogP contribution in [0.2, 0.25) is 0 Å². The van der Waals surface area contributed by atoms with Crippen LogP contribution in [0.3, 0.4) is 0 Å². The van der Waals surface area contributed by atoms with Gasteiger partial charge >= 0.3 is 0 Å². The molecule has 1 aromatic heterocycles. The minimum Gasteiger partial charge on any atom is -0.356 e. The first kappa shape index (κ1) is 21.9. The van der Waals surface area contributed by atoms with E-state index < -0.39 is 10.0 Å². The molecule has 1 amide bonds. The summed E-state index contributed by atoms with van der Waals surface area (Å²) in [5.41, 5.74) is 3.38. The summed E-state index contributed by atoms with van der Waals surface area (Å²) in [6, 6.07) is 13.4. The van der Waals surface area contributed by atoms with Crippen LogP contribution in [0.1, 0.15) is 41.8 Å². The fraction of sp³-hybridized carbons (Fsp3) is 0.391. The monoisotopic (exact) mass is 457 g/mol. The van der Waals surface area contributed by atoms with Gasteiger partial charge < -0.3 is 5.32 Å². The molecule has 0 atom stereocenters. The second-order valence-corrected chi connectivity index (χ2v) is 10.7. The number of sulfonamides is 1. The maximum atomic E-state index is 12.5. The van der Waals surface area contributed by atoms with Gasteiger partial charge in [0.1, 0.15) is 0 Å². The summed E-state index contributed by atoms with van der Waals surface area (Å²) in [7, 11) is -3.60. The van der Waals surface area contributed by atoms with Crippen LogP contribution in [-0.4, -0.2) is 32.4 Å². The van der Waals surface area contributed by atoms with Crippen LogP contribution in [-0.2, 0) is 34.1 Å². The lowest BCUT2D eigenvalue weighted by Gasteiger charge is -2.16. The highest BCUT2D eigenvalue weighted by molar-refractivity contribution is 7.89. The van der Waals surface area contributed by atoms with E-state index in [0.29, 0.717) is 6.54 Å². The smallest absolute Gasteiger partial charge is 0.240 e. The van der Waals surface area contributed by atoms with Gasteiger partial charge in [0.2, 0.25) is 15.9 Å². The van der Waals surface area contributed by atoms with Gasteiger partial charge in [0.05, 0.1) is 20.1 Å². The predicted octanol–water partition coefficient (Wildman–Crippen LogP) is 3.59. The predicted molar refractivity (Wildman–Crippen MR) is 124 cm³/mol.